The second kappa shape index (κ2) is 3.45. The molecule has 0 aliphatic carbocycles. The molecule has 0 spiro atoms. The van der Waals surface area contributed by atoms with Gasteiger partial charge in [0.1, 0.15) is 17.6 Å². The highest BCUT2D eigenvalue weighted by Crippen LogP contribution is 2.32. The Bertz CT molecular complexity index is 337. The van der Waals surface area contributed by atoms with Crippen LogP contribution >= 0.6 is 0 Å². The molecule has 0 fully saturated rings. The Labute approximate surface area is 77.0 Å². The van der Waals surface area contributed by atoms with Crippen LogP contribution in [0.1, 0.15) is 11.6 Å². The molecule has 0 aromatic heterocycles. The Kier molecular flexibility index (Phi) is 2.66. The molecule has 1 unspecified atom stereocenters. The molecule has 0 saturated carbocycles. The van der Waals surface area contributed by atoms with E-state index in [0.29, 0.717) is 6.07 Å². The van der Waals surface area contributed by atoms with Crippen LogP contribution in [-0.4, -0.2) is 11.3 Å². The van der Waals surface area contributed by atoms with Crippen LogP contribution in [0.15, 0.2) is 18.2 Å². The van der Waals surface area contributed by atoms with Crippen LogP contribution in [0, 0.1) is 5.82 Å². The van der Waals surface area contributed by atoms with Gasteiger partial charge >= 0.3 is 6.18 Å². The second-order valence-corrected chi connectivity index (χ2v) is 2.73. The van der Waals surface area contributed by atoms with Crippen molar-refractivity contribution in [3.05, 3.63) is 29.6 Å². The van der Waals surface area contributed by atoms with Crippen molar-refractivity contribution < 1.29 is 22.7 Å². The number of phenols is 1. The molecule has 1 aromatic carbocycles. The predicted octanol–water partition coefficient (Wildman–Crippen LogP) is 2.09. The maximum absolute atomic E-state index is 12.9. The zero-order valence-corrected chi connectivity index (χ0v) is 6.85. The highest BCUT2D eigenvalue weighted by atomic mass is 19.4. The normalized spacial score (nSPS) is 14.1. The van der Waals surface area contributed by atoms with Gasteiger partial charge in [-0.15, -0.1) is 0 Å². The first kappa shape index (κ1) is 10.8. The molecule has 1 rings (SSSR count). The Hall–Kier alpha value is -1.30. The largest absolute Gasteiger partial charge is 0.508 e. The molecule has 0 amide bonds. The average molecular weight is 209 g/mol. The summed E-state index contributed by atoms with van der Waals surface area (Å²) in [5, 5.41) is 8.76. The zero-order valence-electron chi connectivity index (χ0n) is 6.85. The summed E-state index contributed by atoms with van der Waals surface area (Å²) in [5.74, 6) is -1.62. The molecule has 14 heavy (non-hydrogen) atoms. The lowest BCUT2D eigenvalue weighted by atomic mass is 10.1. The summed E-state index contributed by atoms with van der Waals surface area (Å²) in [4.78, 5) is 0. The number of nitrogens with two attached hydrogens (primary N) is 1. The lowest BCUT2D eigenvalue weighted by molar-refractivity contribution is -0.149. The van der Waals surface area contributed by atoms with Crippen molar-refractivity contribution in [1.29, 1.82) is 0 Å². The minimum atomic E-state index is -4.70. The molecular weight excluding hydrogens is 202 g/mol. The van der Waals surface area contributed by atoms with Gasteiger partial charge in [-0.05, 0) is 6.07 Å². The quantitative estimate of drug-likeness (QED) is 0.695. The Morgan fingerprint density at radius 2 is 1.86 bits per heavy atom. The van der Waals surface area contributed by atoms with E-state index in [1.807, 2.05) is 0 Å². The van der Waals surface area contributed by atoms with E-state index in [4.69, 9.17) is 10.8 Å². The Balaban J connectivity index is 3.08. The molecule has 0 aliphatic rings. The fourth-order valence-corrected chi connectivity index (χ4v) is 0.945. The monoisotopic (exact) mass is 209 g/mol. The van der Waals surface area contributed by atoms with E-state index in [1.54, 1.807) is 0 Å². The van der Waals surface area contributed by atoms with Gasteiger partial charge in [0, 0.05) is 11.6 Å². The van der Waals surface area contributed by atoms with Crippen LogP contribution < -0.4 is 5.73 Å². The third-order valence-electron chi connectivity index (χ3n) is 1.67. The van der Waals surface area contributed by atoms with Crippen LogP contribution in [0.25, 0.3) is 0 Å². The molecule has 1 aromatic rings. The van der Waals surface area contributed by atoms with Gasteiger partial charge in [0.15, 0.2) is 0 Å². The number of hydrogen-bond donors (Lipinski definition) is 2. The van der Waals surface area contributed by atoms with E-state index >= 15 is 0 Å². The third-order valence-corrected chi connectivity index (χ3v) is 1.67. The fraction of sp³-hybridized carbons (Fsp3) is 0.250. The van der Waals surface area contributed by atoms with E-state index in [0.717, 1.165) is 12.1 Å². The minimum Gasteiger partial charge on any atom is -0.508 e. The van der Waals surface area contributed by atoms with E-state index < -0.39 is 29.3 Å². The Morgan fingerprint density at radius 3 is 2.29 bits per heavy atom. The molecule has 0 aliphatic heterocycles. The molecule has 0 bridgehead atoms. The lowest BCUT2D eigenvalue weighted by Gasteiger charge is -2.16. The summed E-state index contributed by atoms with van der Waals surface area (Å²) in [5.41, 5.74) is 4.09. The maximum Gasteiger partial charge on any atom is 0.407 e. The minimum absolute atomic E-state index is 0.444. The third kappa shape index (κ3) is 2.14. The molecule has 1 atom stereocenters. The predicted molar refractivity (Wildman–Crippen MR) is 41.0 cm³/mol. The van der Waals surface area contributed by atoms with E-state index in [2.05, 4.69) is 0 Å². The van der Waals surface area contributed by atoms with Crippen molar-refractivity contribution in [1.82, 2.24) is 0 Å². The number of halogens is 4. The first-order valence-corrected chi connectivity index (χ1v) is 3.63. The van der Waals surface area contributed by atoms with Crippen molar-refractivity contribution >= 4 is 0 Å². The van der Waals surface area contributed by atoms with Crippen LogP contribution in [-0.2, 0) is 0 Å². The summed E-state index contributed by atoms with van der Waals surface area (Å²) in [6.07, 6.45) is -4.70. The molecule has 0 saturated heterocycles. The van der Waals surface area contributed by atoms with Gasteiger partial charge in [-0.2, -0.15) is 13.2 Å². The summed E-state index contributed by atoms with van der Waals surface area (Å²) in [6.45, 7) is 0. The van der Waals surface area contributed by atoms with Crippen molar-refractivity contribution in [2.45, 2.75) is 12.2 Å². The van der Waals surface area contributed by atoms with Gasteiger partial charge in [0.25, 0.3) is 0 Å². The van der Waals surface area contributed by atoms with E-state index in [-0.39, 0.29) is 0 Å². The van der Waals surface area contributed by atoms with Gasteiger partial charge in [-0.3, -0.25) is 0 Å². The summed E-state index contributed by atoms with van der Waals surface area (Å²) in [6, 6.07) is -0.0311. The van der Waals surface area contributed by atoms with Crippen molar-refractivity contribution in [3.8, 4) is 5.75 Å². The molecule has 78 valence electrons. The number of aromatic hydroxyl groups is 1. The molecule has 2 nitrogen and oxygen atoms in total. The van der Waals surface area contributed by atoms with Crippen LogP contribution in [0.3, 0.4) is 0 Å². The molecule has 0 radical (unpaired) electrons. The van der Waals surface area contributed by atoms with Gasteiger partial charge in [0.05, 0.1) is 0 Å². The number of benzene rings is 1. The fourth-order valence-electron chi connectivity index (χ4n) is 0.945. The molecular formula is C8H7F4NO. The van der Waals surface area contributed by atoms with Crippen LogP contribution in [0.2, 0.25) is 0 Å². The topological polar surface area (TPSA) is 46.2 Å². The second-order valence-electron chi connectivity index (χ2n) is 2.73. The Morgan fingerprint density at radius 1 is 1.29 bits per heavy atom. The number of hydrogen-bond acceptors (Lipinski definition) is 2. The van der Waals surface area contributed by atoms with E-state index in [9.17, 15) is 17.6 Å². The first-order valence-electron chi connectivity index (χ1n) is 3.63. The zero-order chi connectivity index (χ0) is 10.9. The standard InChI is InChI=1S/C8H7F4NO/c9-6-3-4(14)1-2-5(6)7(13)8(10,11)12/h1-3,7,14H,13H2. The highest BCUT2D eigenvalue weighted by molar-refractivity contribution is 5.30. The molecule has 0 heterocycles. The highest BCUT2D eigenvalue weighted by Gasteiger charge is 2.39. The maximum atomic E-state index is 12.9. The van der Waals surface area contributed by atoms with Crippen molar-refractivity contribution in [2.24, 2.45) is 5.73 Å². The smallest absolute Gasteiger partial charge is 0.407 e. The average Bonchev–Trinajstić information content (AvgIpc) is 2.01. The number of alkyl halides is 3. The first-order chi connectivity index (χ1) is 6.32. The van der Waals surface area contributed by atoms with Crippen LogP contribution in [0.5, 0.6) is 5.75 Å². The summed E-state index contributed by atoms with van der Waals surface area (Å²) >= 11 is 0. The SMILES string of the molecule is NC(c1ccc(O)cc1F)C(F)(F)F. The van der Waals surface area contributed by atoms with Gasteiger partial charge in [-0.1, -0.05) is 6.07 Å². The molecule has 6 heteroatoms. The summed E-state index contributed by atoms with van der Waals surface area (Å²) < 4.78 is 49.1. The van der Waals surface area contributed by atoms with Gasteiger partial charge in [0.2, 0.25) is 0 Å². The van der Waals surface area contributed by atoms with Gasteiger partial charge in [-0.25, -0.2) is 4.39 Å². The van der Waals surface area contributed by atoms with Crippen molar-refractivity contribution in [3.63, 3.8) is 0 Å². The van der Waals surface area contributed by atoms with E-state index in [1.165, 1.54) is 0 Å². The number of phenolic OH excluding ortho intramolecular Hbond substituents is 1. The molecule has 3 N–H and O–H groups in total. The number of rotatable bonds is 1. The lowest BCUT2D eigenvalue weighted by Crippen LogP contribution is -2.29. The summed E-state index contributed by atoms with van der Waals surface area (Å²) in [7, 11) is 0. The van der Waals surface area contributed by atoms with Crippen LogP contribution in [0.4, 0.5) is 17.6 Å². The van der Waals surface area contributed by atoms with Gasteiger partial charge < -0.3 is 10.8 Å². The van der Waals surface area contributed by atoms with Crippen molar-refractivity contribution in [2.75, 3.05) is 0 Å².